The summed E-state index contributed by atoms with van der Waals surface area (Å²) in [5.41, 5.74) is 6.40. The van der Waals surface area contributed by atoms with E-state index in [1.165, 1.54) is 35.6 Å². The number of thiazole rings is 1. The summed E-state index contributed by atoms with van der Waals surface area (Å²) in [7, 11) is 0. The van der Waals surface area contributed by atoms with Crippen LogP contribution in [0.3, 0.4) is 0 Å². The first-order chi connectivity index (χ1) is 10.1. The van der Waals surface area contributed by atoms with Crippen molar-refractivity contribution >= 4 is 44.2 Å². The Morgan fingerprint density at radius 3 is 2.71 bits per heavy atom. The SMILES string of the molecule is O=C(NNc1nc2ccc(Cl)cc2s1)c1ccc(F)cc1. The zero-order chi connectivity index (χ0) is 14.8. The first-order valence-corrected chi connectivity index (χ1v) is 7.19. The molecule has 0 spiro atoms. The molecular formula is C14H9ClFN3OS. The maximum absolute atomic E-state index is 12.8. The van der Waals surface area contributed by atoms with E-state index in [-0.39, 0.29) is 11.7 Å². The first-order valence-electron chi connectivity index (χ1n) is 6.00. The van der Waals surface area contributed by atoms with Gasteiger partial charge in [0, 0.05) is 10.6 Å². The number of nitrogens with zero attached hydrogens (tertiary/aromatic N) is 1. The Kier molecular flexibility index (Phi) is 3.72. The molecule has 0 saturated carbocycles. The van der Waals surface area contributed by atoms with E-state index in [9.17, 15) is 9.18 Å². The molecule has 7 heteroatoms. The molecule has 2 N–H and O–H groups in total. The molecule has 0 unspecified atom stereocenters. The van der Waals surface area contributed by atoms with Gasteiger partial charge in [-0.25, -0.2) is 9.37 Å². The summed E-state index contributed by atoms with van der Waals surface area (Å²) in [4.78, 5) is 16.2. The number of carbonyl (C=O) groups is 1. The summed E-state index contributed by atoms with van der Waals surface area (Å²) in [5, 5.41) is 1.18. The summed E-state index contributed by atoms with van der Waals surface area (Å²) in [5.74, 6) is -0.755. The highest BCUT2D eigenvalue weighted by atomic mass is 35.5. The molecule has 0 aliphatic heterocycles. The number of halogens is 2. The molecule has 0 aliphatic rings. The number of hydrogen-bond acceptors (Lipinski definition) is 4. The molecule has 4 nitrogen and oxygen atoms in total. The molecule has 1 aromatic heterocycles. The van der Waals surface area contributed by atoms with Gasteiger partial charge in [0.15, 0.2) is 0 Å². The van der Waals surface area contributed by atoms with Crippen molar-refractivity contribution in [2.45, 2.75) is 0 Å². The van der Waals surface area contributed by atoms with Crippen LogP contribution in [0.25, 0.3) is 10.2 Å². The quantitative estimate of drug-likeness (QED) is 0.720. The average molecular weight is 322 g/mol. The van der Waals surface area contributed by atoms with Crippen LogP contribution in [0, 0.1) is 5.82 Å². The lowest BCUT2D eigenvalue weighted by atomic mass is 10.2. The van der Waals surface area contributed by atoms with Crippen LogP contribution < -0.4 is 10.9 Å². The summed E-state index contributed by atoms with van der Waals surface area (Å²) >= 11 is 7.28. The van der Waals surface area contributed by atoms with E-state index in [0.29, 0.717) is 15.7 Å². The van der Waals surface area contributed by atoms with Crippen LogP contribution in [-0.2, 0) is 0 Å². The monoisotopic (exact) mass is 321 g/mol. The smallest absolute Gasteiger partial charge is 0.269 e. The zero-order valence-corrected chi connectivity index (χ0v) is 12.1. The Labute approximate surface area is 128 Å². The standard InChI is InChI=1S/C14H9ClFN3OS/c15-9-3-6-11-12(7-9)21-14(17-11)19-18-13(20)8-1-4-10(16)5-2-8/h1-7H,(H,17,19)(H,18,20). The van der Waals surface area contributed by atoms with Gasteiger partial charge in [0.1, 0.15) is 5.82 Å². The van der Waals surface area contributed by atoms with E-state index >= 15 is 0 Å². The molecule has 3 aromatic rings. The molecule has 0 aliphatic carbocycles. The van der Waals surface area contributed by atoms with Crippen LogP contribution in [0.4, 0.5) is 9.52 Å². The van der Waals surface area contributed by atoms with Crippen LogP contribution in [0.15, 0.2) is 42.5 Å². The third kappa shape index (κ3) is 3.12. The molecule has 0 fully saturated rings. The number of anilines is 1. The zero-order valence-electron chi connectivity index (χ0n) is 10.6. The van der Waals surface area contributed by atoms with E-state index in [1.807, 2.05) is 6.07 Å². The topological polar surface area (TPSA) is 54.0 Å². The van der Waals surface area contributed by atoms with Crippen molar-refractivity contribution in [2.24, 2.45) is 0 Å². The summed E-state index contributed by atoms with van der Waals surface area (Å²) in [6.07, 6.45) is 0. The van der Waals surface area contributed by atoms with Gasteiger partial charge in [-0.2, -0.15) is 0 Å². The highest BCUT2D eigenvalue weighted by Gasteiger charge is 2.07. The Hall–Kier alpha value is -2.18. The molecule has 0 radical (unpaired) electrons. The minimum Gasteiger partial charge on any atom is -0.273 e. The molecule has 0 bridgehead atoms. The number of benzene rings is 2. The van der Waals surface area contributed by atoms with Crippen molar-refractivity contribution in [3.05, 3.63) is 58.9 Å². The second kappa shape index (κ2) is 5.67. The number of amides is 1. The molecule has 2 aromatic carbocycles. The van der Waals surface area contributed by atoms with Gasteiger partial charge in [0.25, 0.3) is 5.91 Å². The fraction of sp³-hybridized carbons (Fsp3) is 0. The molecule has 1 amide bonds. The molecule has 106 valence electrons. The molecule has 1 heterocycles. The van der Waals surface area contributed by atoms with E-state index < -0.39 is 0 Å². The van der Waals surface area contributed by atoms with E-state index in [2.05, 4.69) is 15.8 Å². The fourth-order valence-electron chi connectivity index (χ4n) is 1.74. The largest absolute Gasteiger partial charge is 0.273 e. The fourth-order valence-corrected chi connectivity index (χ4v) is 2.83. The number of hydrazine groups is 1. The van der Waals surface area contributed by atoms with Crippen molar-refractivity contribution in [1.29, 1.82) is 0 Å². The normalized spacial score (nSPS) is 10.6. The third-order valence-corrected chi connectivity index (χ3v) is 3.91. The van der Waals surface area contributed by atoms with E-state index in [0.717, 1.165) is 10.2 Å². The predicted octanol–water partition coefficient (Wildman–Crippen LogP) is 3.85. The van der Waals surface area contributed by atoms with Crippen LogP contribution in [0.5, 0.6) is 0 Å². The van der Waals surface area contributed by atoms with Crippen molar-refractivity contribution in [2.75, 3.05) is 5.43 Å². The van der Waals surface area contributed by atoms with Gasteiger partial charge < -0.3 is 0 Å². The van der Waals surface area contributed by atoms with Gasteiger partial charge in [-0.05, 0) is 42.5 Å². The van der Waals surface area contributed by atoms with Crippen LogP contribution in [-0.4, -0.2) is 10.9 Å². The number of aromatic nitrogens is 1. The van der Waals surface area contributed by atoms with Crippen LogP contribution >= 0.6 is 22.9 Å². The number of nitrogens with one attached hydrogen (secondary N) is 2. The van der Waals surface area contributed by atoms with Gasteiger partial charge in [-0.3, -0.25) is 15.6 Å². The van der Waals surface area contributed by atoms with Gasteiger partial charge in [0.05, 0.1) is 10.2 Å². The van der Waals surface area contributed by atoms with Gasteiger partial charge in [-0.15, -0.1) is 0 Å². The van der Waals surface area contributed by atoms with Gasteiger partial charge in [0.2, 0.25) is 5.13 Å². The Bertz CT molecular complexity index is 804. The van der Waals surface area contributed by atoms with Crippen LogP contribution in [0.1, 0.15) is 10.4 Å². The molecule has 3 rings (SSSR count). The third-order valence-electron chi connectivity index (χ3n) is 2.74. The van der Waals surface area contributed by atoms with Gasteiger partial charge in [-0.1, -0.05) is 22.9 Å². The minimum atomic E-state index is -0.387. The molecule has 21 heavy (non-hydrogen) atoms. The first kappa shape index (κ1) is 13.8. The van der Waals surface area contributed by atoms with E-state index in [1.54, 1.807) is 12.1 Å². The maximum atomic E-state index is 12.8. The number of carbonyl (C=O) groups excluding carboxylic acids is 1. The molecular weight excluding hydrogens is 313 g/mol. The average Bonchev–Trinajstić information content (AvgIpc) is 2.87. The number of fused-ring (bicyclic) bond motifs is 1. The van der Waals surface area contributed by atoms with Crippen molar-refractivity contribution in [1.82, 2.24) is 10.4 Å². The summed E-state index contributed by atoms with van der Waals surface area (Å²) < 4.78 is 13.7. The molecule has 0 saturated heterocycles. The Morgan fingerprint density at radius 2 is 1.95 bits per heavy atom. The van der Waals surface area contributed by atoms with Crippen molar-refractivity contribution in [3.63, 3.8) is 0 Å². The number of rotatable bonds is 3. The lowest BCUT2D eigenvalue weighted by Gasteiger charge is -2.05. The highest BCUT2D eigenvalue weighted by molar-refractivity contribution is 7.22. The summed E-state index contributed by atoms with van der Waals surface area (Å²) in [6, 6.07) is 10.6. The lowest BCUT2D eigenvalue weighted by Crippen LogP contribution is -2.29. The molecule has 0 atom stereocenters. The second-order valence-corrected chi connectivity index (χ2v) is 5.68. The Morgan fingerprint density at radius 1 is 1.19 bits per heavy atom. The van der Waals surface area contributed by atoms with Gasteiger partial charge >= 0.3 is 0 Å². The highest BCUT2D eigenvalue weighted by Crippen LogP contribution is 2.27. The van der Waals surface area contributed by atoms with Crippen LogP contribution in [0.2, 0.25) is 5.02 Å². The Balaban J connectivity index is 1.71. The van der Waals surface area contributed by atoms with Crippen molar-refractivity contribution < 1.29 is 9.18 Å². The lowest BCUT2D eigenvalue weighted by molar-refractivity contribution is 0.0962. The number of hydrogen-bond donors (Lipinski definition) is 2. The maximum Gasteiger partial charge on any atom is 0.269 e. The summed E-state index contributed by atoms with van der Waals surface area (Å²) in [6.45, 7) is 0. The second-order valence-electron chi connectivity index (χ2n) is 4.22. The van der Waals surface area contributed by atoms with E-state index in [4.69, 9.17) is 11.6 Å². The van der Waals surface area contributed by atoms with Crippen molar-refractivity contribution in [3.8, 4) is 0 Å². The predicted molar refractivity (Wildman–Crippen MR) is 82.1 cm³/mol. The minimum absolute atomic E-state index is 0.355.